The van der Waals surface area contributed by atoms with Crippen molar-refractivity contribution in [2.45, 2.75) is 6.18 Å². The Kier molecular flexibility index (Phi) is 4.44. The average Bonchev–Trinajstić information content (AvgIpc) is 2.59. The van der Waals surface area contributed by atoms with Gasteiger partial charge in [0.2, 0.25) is 5.95 Å². The minimum Gasteiger partial charge on any atom is -0.507 e. The van der Waals surface area contributed by atoms with Crippen LogP contribution < -0.4 is 15.8 Å². The van der Waals surface area contributed by atoms with E-state index in [9.17, 15) is 23.1 Å². The van der Waals surface area contributed by atoms with Crippen LogP contribution in [0.4, 0.5) is 24.9 Å². The molecule has 0 fully saturated rings. The number of hydrogen-bond donors (Lipinski definition) is 3. The van der Waals surface area contributed by atoms with Crippen LogP contribution in [-0.2, 0) is 4.79 Å². The van der Waals surface area contributed by atoms with Crippen LogP contribution in [0.2, 0.25) is 0 Å². The standard InChI is InChI=1S/C16H12F3N5O3/c1-21-12-7-5-6-8(22-13(7)24-15(20)23-12)11-9(25)3-2-4-10(11)27-14(26)16(17,18)19/h2-6,25H,1H3,(H3,20,21,22,23,24). The second kappa shape index (κ2) is 6.59. The Hall–Kier alpha value is -3.63. The molecule has 0 aliphatic rings. The quantitative estimate of drug-likeness (QED) is 0.468. The highest BCUT2D eigenvalue weighted by molar-refractivity contribution is 5.90. The van der Waals surface area contributed by atoms with Gasteiger partial charge in [-0.3, -0.25) is 0 Å². The zero-order chi connectivity index (χ0) is 19.8. The summed E-state index contributed by atoms with van der Waals surface area (Å²) in [5, 5.41) is 13.4. The fourth-order valence-corrected chi connectivity index (χ4v) is 2.38. The third-order valence-corrected chi connectivity index (χ3v) is 3.51. The minimum absolute atomic E-state index is 0.0331. The molecule has 0 unspecified atom stereocenters. The van der Waals surface area contributed by atoms with Gasteiger partial charge in [-0.1, -0.05) is 6.07 Å². The van der Waals surface area contributed by atoms with Gasteiger partial charge in [-0.15, -0.1) is 0 Å². The number of pyridine rings is 1. The lowest BCUT2D eigenvalue weighted by Gasteiger charge is -2.13. The predicted octanol–water partition coefficient (Wildman–Crippen LogP) is 2.49. The monoisotopic (exact) mass is 379 g/mol. The molecule has 0 amide bonds. The molecule has 0 aliphatic carbocycles. The number of ether oxygens (including phenoxy) is 1. The van der Waals surface area contributed by atoms with E-state index in [1.165, 1.54) is 18.2 Å². The van der Waals surface area contributed by atoms with Crippen molar-refractivity contribution in [3.05, 3.63) is 30.3 Å². The first-order chi connectivity index (χ1) is 12.7. The summed E-state index contributed by atoms with van der Waals surface area (Å²) in [4.78, 5) is 23.3. The molecule has 4 N–H and O–H groups in total. The molecular formula is C16H12F3N5O3. The van der Waals surface area contributed by atoms with Crippen molar-refractivity contribution < 1.29 is 27.8 Å². The zero-order valence-corrected chi connectivity index (χ0v) is 13.7. The lowest BCUT2D eigenvalue weighted by Crippen LogP contribution is -2.28. The van der Waals surface area contributed by atoms with Crippen molar-refractivity contribution >= 4 is 28.8 Å². The molecule has 1 aromatic carbocycles. The van der Waals surface area contributed by atoms with Crippen molar-refractivity contribution in [1.29, 1.82) is 0 Å². The number of carbonyl (C=O) groups is 1. The Bertz CT molecular complexity index is 1040. The number of fused-ring (bicyclic) bond motifs is 1. The van der Waals surface area contributed by atoms with Crippen LogP contribution in [0, 0.1) is 0 Å². The molecule has 0 saturated carbocycles. The molecule has 0 radical (unpaired) electrons. The largest absolute Gasteiger partial charge is 0.507 e. The van der Waals surface area contributed by atoms with Crippen LogP contribution in [-0.4, -0.2) is 39.3 Å². The summed E-state index contributed by atoms with van der Waals surface area (Å²) in [6.07, 6.45) is -5.19. The van der Waals surface area contributed by atoms with Crippen molar-refractivity contribution in [3.63, 3.8) is 0 Å². The molecule has 27 heavy (non-hydrogen) atoms. The van der Waals surface area contributed by atoms with E-state index in [0.717, 1.165) is 6.07 Å². The Balaban J connectivity index is 2.15. The minimum atomic E-state index is -5.19. The number of alkyl halides is 3. The SMILES string of the molecule is CNc1nc(N)nc2nc(-c3c(O)cccc3OC(=O)C(F)(F)F)ccc12. The number of aromatic hydroxyl groups is 1. The van der Waals surface area contributed by atoms with Crippen LogP contribution in [0.25, 0.3) is 22.3 Å². The number of nitrogens with two attached hydrogens (primary N) is 1. The molecular weight excluding hydrogens is 367 g/mol. The van der Waals surface area contributed by atoms with E-state index in [1.54, 1.807) is 13.1 Å². The maximum atomic E-state index is 12.5. The summed E-state index contributed by atoms with van der Waals surface area (Å²) in [6.45, 7) is 0. The molecule has 3 aromatic rings. The van der Waals surface area contributed by atoms with Gasteiger partial charge in [-0.2, -0.15) is 23.1 Å². The van der Waals surface area contributed by atoms with Crippen molar-refractivity contribution in [3.8, 4) is 22.8 Å². The van der Waals surface area contributed by atoms with Crippen molar-refractivity contribution in [1.82, 2.24) is 15.0 Å². The Morgan fingerprint density at radius 1 is 1.19 bits per heavy atom. The molecule has 2 aromatic heterocycles. The number of anilines is 2. The number of nitrogens with zero attached hydrogens (tertiary/aromatic N) is 3. The number of benzene rings is 1. The van der Waals surface area contributed by atoms with Crippen LogP contribution in [0.1, 0.15) is 0 Å². The summed E-state index contributed by atoms with van der Waals surface area (Å²) in [6, 6.07) is 6.53. The number of phenolic OH excluding ortho intramolecular Hbond substituents is 1. The fourth-order valence-electron chi connectivity index (χ4n) is 2.38. The van der Waals surface area contributed by atoms with Crippen molar-refractivity contribution in [2.24, 2.45) is 0 Å². The first kappa shape index (κ1) is 18.2. The summed E-state index contributed by atoms with van der Waals surface area (Å²) in [5.74, 6) is -3.01. The average molecular weight is 379 g/mol. The van der Waals surface area contributed by atoms with Gasteiger partial charge in [-0.25, -0.2) is 9.78 Å². The predicted molar refractivity (Wildman–Crippen MR) is 90.1 cm³/mol. The third kappa shape index (κ3) is 3.52. The highest BCUT2D eigenvalue weighted by Gasteiger charge is 2.42. The molecule has 140 valence electrons. The number of nitrogen functional groups attached to an aromatic ring is 1. The molecule has 2 heterocycles. The Morgan fingerprint density at radius 3 is 2.59 bits per heavy atom. The topological polar surface area (TPSA) is 123 Å². The number of aromatic nitrogens is 3. The van der Waals surface area contributed by atoms with Gasteiger partial charge in [0.05, 0.1) is 16.6 Å². The third-order valence-electron chi connectivity index (χ3n) is 3.51. The van der Waals surface area contributed by atoms with E-state index < -0.39 is 23.6 Å². The summed E-state index contributed by atoms with van der Waals surface area (Å²) in [5.41, 5.74) is 5.59. The van der Waals surface area contributed by atoms with E-state index in [1.807, 2.05) is 0 Å². The van der Waals surface area contributed by atoms with Gasteiger partial charge in [0.25, 0.3) is 0 Å². The van der Waals surface area contributed by atoms with Gasteiger partial charge >= 0.3 is 12.1 Å². The highest BCUT2D eigenvalue weighted by atomic mass is 19.4. The number of esters is 1. The second-order valence-electron chi connectivity index (χ2n) is 5.29. The van der Waals surface area contributed by atoms with E-state index in [4.69, 9.17) is 5.73 Å². The summed E-state index contributed by atoms with van der Waals surface area (Å²) in [7, 11) is 1.62. The van der Waals surface area contributed by atoms with Crippen LogP contribution >= 0.6 is 0 Å². The fraction of sp³-hybridized carbons (Fsp3) is 0.125. The summed E-state index contributed by atoms with van der Waals surface area (Å²) < 4.78 is 41.9. The van der Waals surface area contributed by atoms with Gasteiger partial charge < -0.3 is 20.9 Å². The first-order valence-electron chi connectivity index (χ1n) is 7.44. The van der Waals surface area contributed by atoms with Gasteiger partial charge in [0.15, 0.2) is 5.65 Å². The van der Waals surface area contributed by atoms with E-state index >= 15 is 0 Å². The summed E-state index contributed by atoms with van der Waals surface area (Å²) >= 11 is 0. The molecule has 0 bridgehead atoms. The maximum Gasteiger partial charge on any atom is 0.491 e. The number of rotatable bonds is 3. The number of carbonyl (C=O) groups excluding carboxylic acids is 1. The number of phenols is 1. The molecule has 11 heteroatoms. The highest BCUT2D eigenvalue weighted by Crippen LogP contribution is 2.38. The van der Waals surface area contributed by atoms with Crippen LogP contribution in [0.3, 0.4) is 0 Å². The number of hydrogen-bond acceptors (Lipinski definition) is 8. The van der Waals surface area contributed by atoms with Gasteiger partial charge in [-0.05, 0) is 24.3 Å². The molecule has 0 spiro atoms. The number of nitrogens with one attached hydrogen (secondary N) is 1. The van der Waals surface area contributed by atoms with E-state index in [-0.39, 0.29) is 22.9 Å². The normalized spacial score (nSPS) is 11.4. The lowest BCUT2D eigenvalue weighted by molar-refractivity contribution is -0.189. The molecule has 8 nitrogen and oxygen atoms in total. The van der Waals surface area contributed by atoms with E-state index in [0.29, 0.717) is 11.2 Å². The molecule has 0 atom stereocenters. The maximum absolute atomic E-state index is 12.5. The first-order valence-corrected chi connectivity index (χ1v) is 7.44. The number of halogens is 3. The van der Waals surface area contributed by atoms with Gasteiger partial charge in [0, 0.05) is 7.05 Å². The smallest absolute Gasteiger partial charge is 0.491 e. The lowest BCUT2D eigenvalue weighted by atomic mass is 10.1. The molecule has 0 aliphatic heterocycles. The van der Waals surface area contributed by atoms with E-state index in [2.05, 4.69) is 25.0 Å². The molecule has 0 saturated heterocycles. The second-order valence-corrected chi connectivity index (χ2v) is 5.29. The van der Waals surface area contributed by atoms with Gasteiger partial charge in [0.1, 0.15) is 17.3 Å². The van der Waals surface area contributed by atoms with Crippen LogP contribution in [0.5, 0.6) is 11.5 Å². The van der Waals surface area contributed by atoms with Crippen molar-refractivity contribution in [2.75, 3.05) is 18.1 Å². The Morgan fingerprint density at radius 2 is 1.93 bits per heavy atom. The Labute approximate surface area is 149 Å². The zero-order valence-electron chi connectivity index (χ0n) is 13.7. The van der Waals surface area contributed by atoms with Crippen LogP contribution in [0.15, 0.2) is 30.3 Å². The molecule has 3 rings (SSSR count).